The van der Waals surface area contributed by atoms with E-state index < -0.39 is 20.0 Å². The van der Waals surface area contributed by atoms with Gasteiger partial charge in [0, 0.05) is 6.42 Å². The fourth-order valence-corrected chi connectivity index (χ4v) is 6.82. The third kappa shape index (κ3) is 35.6. The first-order chi connectivity index (χ1) is 24.0. The third-order valence-corrected chi connectivity index (χ3v) is 10.5. The van der Waals surface area contributed by atoms with Crippen molar-refractivity contribution in [3.05, 3.63) is 12.2 Å². The lowest BCUT2D eigenvalue weighted by Gasteiger charge is -2.29. The van der Waals surface area contributed by atoms with Gasteiger partial charge >= 0.3 is 0 Å². The summed E-state index contributed by atoms with van der Waals surface area (Å²) in [6.07, 6.45) is 36.8. The van der Waals surface area contributed by atoms with Gasteiger partial charge in [-0.3, -0.25) is 9.36 Å². The van der Waals surface area contributed by atoms with Gasteiger partial charge in [0.05, 0.1) is 39.9 Å². The normalized spacial score (nSPS) is 14.6. The number of rotatable bonds is 38. The van der Waals surface area contributed by atoms with Crippen LogP contribution >= 0.6 is 7.82 Å². The van der Waals surface area contributed by atoms with Crippen LogP contribution in [0.1, 0.15) is 194 Å². The van der Waals surface area contributed by atoms with E-state index in [1.54, 1.807) is 6.08 Å². The van der Waals surface area contributed by atoms with E-state index in [1.807, 2.05) is 27.2 Å². The second-order valence-electron chi connectivity index (χ2n) is 15.7. The molecule has 0 aliphatic carbocycles. The largest absolute Gasteiger partial charge is 0.756 e. The van der Waals surface area contributed by atoms with E-state index in [9.17, 15) is 19.4 Å². The number of hydrogen-bond donors (Lipinski definition) is 2. The Balaban J connectivity index is 4.38. The standard InChI is InChI=1S/C41H83N2O6P/c1-6-8-10-12-14-16-18-19-20-21-22-23-25-27-29-31-33-35-41(45)42-39(38-49-50(46,47)48-37-36-43(3,4)5)40(44)34-32-30-28-26-24-17-15-13-11-9-7-2/h32,34,39-40,44H,6-31,33,35-38H2,1-5H3,(H-,42,45,46,47)/b34-32+/t39-,40+/m0/s1. The number of likely N-dealkylation sites (N-methyl/N-ethyl adjacent to an activating group) is 1. The van der Waals surface area contributed by atoms with Gasteiger partial charge in [0.25, 0.3) is 7.82 Å². The Morgan fingerprint density at radius 2 is 1.08 bits per heavy atom. The molecule has 0 fully saturated rings. The van der Waals surface area contributed by atoms with Crippen molar-refractivity contribution in [3.63, 3.8) is 0 Å². The molecular formula is C41H83N2O6P. The second kappa shape index (κ2) is 34.0. The fourth-order valence-electron chi connectivity index (χ4n) is 6.09. The van der Waals surface area contributed by atoms with Crippen LogP contribution in [0.4, 0.5) is 0 Å². The van der Waals surface area contributed by atoms with E-state index in [1.165, 1.54) is 135 Å². The molecule has 0 saturated carbocycles. The number of quaternary nitrogens is 1. The van der Waals surface area contributed by atoms with Crippen molar-refractivity contribution in [1.29, 1.82) is 0 Å². The number of aliphatic hydroxyl groups is 1. The molecule has 0 aromatic heterocycles. The van der Waals surface area contributed by atoms with Crippen molar-refractivity contribution in [2.45, 2.75) is 206 Å². The maximum atomic E-state index is 12.8. The number of carbonyl (C=O) groups is 1. The number of hydrogen-bond acceptors (Lipinski definition) is 6. The molecule has 0 bridgehead atoms. The molecule has 0 heterocycles. The maximum Gasteiger partial charge on any atom is 0.268 e. The molecule has 1 unspecified atom stereocenters. The van der Waals surface area contributed by atoms with Crippen LogP contribution < -0.4 is 10.2 Å². The molecule has 0 rings (SSSR count). The lowest BCUT2D eigenvalue weighted by Crippen LogP contribution is -2.45. The molecule has 0 aliphatic heterocycles. The van der Waals surface area contributed by atoms with E-state index in [2.05, 4.69) is 19.2 Å². The number of allylic oxidation sites excluding steroid dienone is 1. The first kappa shape index (κ1) is 49.2. The lowest BCUT2D eigenvalue weighted by molar-refractivity contribution is -0.870. The molecule has 0 aliphatic rings. The van der Waals surface area contributed by atoms with Gasteiger partial charge in [-0.05, 0) is 19.3 Å². The molecule has 298 valence electrons. The van der Waals surface area contributed by atoms with Gasteiger partial charge < -0.3 is 28.8 Å². The van der Waals surface area contributed by atoms with Gasteiger partial charge in [-0.25, -0.2) is 0 Å². The number of nitrogens with one attached hydrogen (secondary N) is 1. The molecule has 2 N–H and O–H groups in total. The lowest BCUT2D eigenvalue weighted by atomic mass is 10.0. The second-order valence-corrected chi connectivity index (χ2v) is 17.1. The van der Waals surface area contributed by atoms with Crippen LogP contribution in [0.25, 0.3) is 0 Å². The van der Waals surface area contributed by atoms with Crippen LogP contribution in [0, 0.1) is 0 Å². The summed E-state index contributed by atoms with van der Waals surface area (Å²) in [4.78, 5) is 25.2. The van der Waals surface area contributed by atoms with Crippen LogP contribution in [0.3, 0.4) is 0 Å². The van der Waals surface area contributed by atoms with Gasteiger partial charge in [0.2, 0.25) is 5.91 Å². The third-order valence-electron chi connectivity index (χ3n) is 9.50. The Bertz CT molecular complexity index is 834. The van der Waals surface area contributed by atoms with Crippen LogP contribution in [-0.2, 0) is 18.4 Å². The van der Waals surface area contributed by atoms with Crippen molar-refractivity contribution >= 4 is 13.7 Å². The van der Waals surface area contributed by atoms with Crippen LogP contribution in [0.2, 0.25) is 0 Å². The molecule has 0 radical (unpaired) electrons. The maximum absolute atomic E-state index is 12.8. The van der Waals surface area contributed by atoms with E-state index >= 15 is 0 Å². The van der Waals surface area contributed by atoms with E-state index in [-0.39, 0.29) is 19.1 Å². The molecule has 1 amide bonds. The highest BCUT2D eigenvalue weighted by atomic mass is 31.2. The Kier molecular flexibility index (Phi) is 33.5. The summed E-state index contributed by atoms with van der Waals surface area (Å²) in [5, 5.41) is 13.7. The van der Waals surface area contributed by atoms with Gasteiger partial charge in [0.15, 0.2) is 0 Å². The van der Waals surface area contributed by atoms with Crippen LogP contribution in [0.5, 0.6) is 0 Å². The van der Waals surface area contributed by atoms with E-state index in [4.69, 9.17) is 9.05 Å². The number of phosphoric acid groups is 1. The highest BCUT2D eigenvalue weighted by Crippen LogP contribution is 2.38. The van der Waals surface area contributed by atoms with Gasteiger partial charge in [-0.2, -0.15) is 0 Å². The first-order valence-corrected chi connectivity index (χ1v) is 22.5. The molecule has 3 atom stereocenters. The summed E-state index contributed by atoms with van der Waals surface area (Å²) in [6.45, 7) is 4.64. The molecule has 50 heavy (non-hydrogen) atoms. The Labute approximate surface area is 310 Å². The van der Waals surface area contributed by atoms with Gasteiger partial charge in [0.1, 0.15) is 13.2 Å². The minimum atomic E-state index is -4.57. The number of aliphatic hydroxyl groups excluding tert-OH is 1. The van der Waals surface area contributed by atoms with E-state index in [0.717, 1.165) is 38.5 Å². The topological polar surface area (TPSA) is 108 Å². The van der Waals surface area contributed by atoms with Crippen LogP contribution in [-0.4, -0.2) is 68.5 Å². The summed E-state index contributed by atoms with van der Waals surface area (Å²) in [6, 6.07) is -0.878. The molecular weight excluding hydrogens is 647 g/mol. The average molecular weight is 731 g/mol. The molecule has 0 saturated heterocycles. The van der Waals surface area contributed by atoms with Crippen molar-refractivity contribution in [1.82, 2.24) is 5.32 Å². The first-order valence-electron chi connectivity index (χ1n) is 21.1. The smallest absolute Gasteiger partial charge is 0.268 e. The molecule has 0 aromatic carbocycles. The molecule has 0 aromatic rings. The monoisotopic (exact) mass is 731 g/mol. The number of unbranched alkanes of at least 4 members (excludes halogenated alkanes) is 25. The number of carbonyl (C=O) groups excluding carboxylic acids is 1. The number of phosphoric ester groups is 1. The minimum absolute atomic E-state index is 0.00179. The van der Waals surface area contributed by atoms with Crippen molar-refractivity contribution in [3.8, 4) is 0 Å². The van der Waals surface area contributed by atoms with E-state index in [0.29, 0.717) is 17.4 Å². The summed E-state index contributed by atoms with van der Waals surface area (Å²) < 4.78 is 23.1. The van der Waals surface area contributed by atoms with Gasteiger partial charge in [-0.15, -0.1) is 0 Å². The predicted octanol–water partition coefficient (Wildman–Crippen LogP) is 10.6. The summed E-state index contributed by atoms with van der Waals surface area (Å²) in [7, 11) is 1.27. The summed E-state index contributed by atoms with van der Waals surface area (Å²) in [5.74, 6) is -0.197. The zero-order valence-corrected chi connectivity index (χ0v) is 34.5. The zero-order chi connectivity index (χ0) is 37.2. The average Bonchev–Trinajstić information content (AvgIpc) is 3.06. The van der Waals surface area contributed by atoms with Crippen molar-refractivity contribution in [2.24, 2.45) is 0 Å². The van der Waals surface area contributed by atoms with Crippen molar-refractivity contribution in [2.75, 3.05) is 40.9 Å². The Hall–Kier alpha value is -0.760. The predicted molar refractivity (Wildman–Crippen MR) is 210 cm³/mol. The highest BCUT2D eigenvalue weighted by molar-refractivity contribution is 7.45. The highest BCUT2D eigenvalue weighted by Gasteiger charge is 2.23. The quantitative estimate of drug-likeness (QED) is 0.0283. The SMILES string of the molecule is CCCCCCCCCCC/C=C/[C@@H](O)[C@H](COP(=O)([O-])OCC[N+](C)(C)C)NC(=O)CCCCCCCCCCCCCCCCCCC. The van der Waals surface area contributed by atoms with Crippen molar-refractivity contribution < 1.29 is 32.9 Å². The number of nitrogens with zero attached hydrogens (tertiary/aromatic N) is 1. The molecule has 8 nitrogen and oxygen atoms in total. The summed E-state index contributed by atoms with van der Waals surface area (Å²) >= 11 is 0. The zero-order valence-electron chi connectivity index (χ0n) is 33.6. The minimum Gasteiger partial charge on any atom is -0.756 e. The molecule has 9 heteroatoms. The Morgan fingerprint density at radius 1 is 0.680 bits per heavy atom. The van der Waals surface area contributed by atoms with Gasteiger partial charge in [-0.1, -0.05) is 180 Å². The fraction of sp³-hybridized carbons (Fsp3) is 0.927. The van der Waals surface area contributed by atoms with Crippen LogP contribution in [0.15, 0.2) is 12.2 Å². The number of amides is 1. The Morgan fingerprint density at radius 3 is 1.50 bits per heavy atom. The summed E-state index contributed by atoms with van der Waals surface area (Å²) in [5.41, 5.74) is 0. The molecule has 0 spiro atoms.